The van der Waals surface area contributed by atoms with Gasteiger partial charge in [-0.05, 0) is 18.6 Å². The molecule has 7 heteroatoms. The smallest absolute Gasteiger partial charge is 0.289 e. The van der Waals surface area contributed by atoms with Gasteiger partial charge in [0, 0.05) is 31.0 Å². The summed E-state index contributed by atoms with van der Waals surface area (Å²) in [6.07, 6.45) is 3.80. The van der Waals surface area contributed by atoms with Crippen LogP contribution in [0.15, 0.2) is 24.5 Å². The van der Waals surface area contributed by atoms with E-state index in [9.17, 15) is 14.4 Å². The molecule has 0 spiro atoms. The van der Waals surface area contributed by atoms with Crippen molar-refractivity contribution in [2.45, 2.75) is 12.5 Å². The Hall–Kier alpha value is -1.89. The Morgan fingerprint density at radius 1 is 1.30 bits per heavy atom. The van der Waals surface area contributed by atoms with Gasteiger partial charge in [-0.1, -0.05) is 11.8 Å². The first-order chi connectivity index (χ1) is 9.66. The standard InChI is InChI=1S/C13H13N3O3S/c17-11-8-20-13(19)16(11)10-3-6-15(7-10)12(18)9-1-4-14-5-2-9/h1-2,4-5,10H,3,6-8H2/t10-/m0/s1. The Kier molecular flexibility index (Phi) is 3.43. The molecule has 3 heterocycles. The highest BCUT2D eigenvalue weighted by molar-refractivity contribution is 8.14. The van der Waals surface area contributed by atoms with Gasteiger partial charge < -0.3 is 4.90 Å². The fourth-order valence-electron chi connectivity index (χ4n) is 2.53. The Morgan fingerprint density at radius 3 is 2.70 bits per heavy atom. The van der Waals surface area contributed by atoms with Gasteiger partial charge >= 0.3 is 0 Å². The van der Waals surface area contributed by atoms with Gasteiger partial charge in [-0.25, -0.2) is 0 Å². The lowest BCUT2D eigenvalue weighted by atomic mass is 10.2. The van der Waals surface area contributed by atoms with Crippen molar-refractivity contribution in [3.8, 4) is 0 Å². The first kappa shape index (κ1) is 13.1. The fourth-order valence-corrected chi connectivity index (χ4v) is 3.31. The first-order valence-electron chi connectivity index (χ1n) is 6.35. The molecule has 20 heavy (non-hydrogen) atoms. The van der Waals surface area contributed by atoms with Crippen LogP contribution in [0.4, 0.5) is 4.79 Å². The van der Waals surface area contributed by atoms with Crippen LogP contribution >= 0.6 is 11.8 Å². The molecule has 0 N–H and O–H groups in total. The molecule has 1 atom stereocenters. The average molecular weight is 291 g/mol. The quantitative estimate of drug-likeness (QED) is 0.812. The molecule has 0 saturated carbocycles. The molecule has 2 aliphatic rings. The molecule has 0 bridgehead atoms. The van der Waals surface area contributed by atoms with Crippen molar-refractivity contribution < 1.29 is 14.4 Å². The highest BCUT2D eigenvalue weighted by Crippen LogP contribution is 2.26. The van der Waals surface area contributed by atoms with Crippen molar-refractivity contribution in [1.82, 2.24) is 14.8 Å². The van der Waals surface area contributed by atoms with E-state index in [1.54, 1.807) is 29.4 Å². The molecule has 0 aromatic carbocycles. The molecule has 0 radical (unpaired) electrons. The number of nitrogens with zero attached hydrogens (tertiary/aromatic N) is 3. The van der Waals surface area contributed by atoms with Crippen molar-refractivity contribution >= 4 is 28.8 Å². The molecule has 0 unspecified atom stereocenters. The predicted octanol–water partition coefficient (Wildman–Crippen LogP) is 0.991. The van der Waals surface area contributed by atoms with Crippen LogP contribution in [-0.2, 0) is 4.79 Å². The molecular weight excluding hydrogens is 278 g/mol. The van der Waals surface area contributed by atoms with Crippen LogP contribution < -0.4 is 0 Å². The van der Waals surface area contributed by atoms with E-state index in [0.29, 0.717) is 25.1 Å². The number of likely N-dealkylation sites (tertiary alicyclic amines) is 1. The van der Waals surface area contributed by atoms with E-state index in [-0.39, 0.29) is 28.8 Å². The Bertz CT molecular complexity index is 547. The number of pyridine rings is 1. The van der Waals surface area contributed by atoms with Gasteiger partial charge in [-0.15, -0.1) is 0 Å². The summed E-state index contributed by atoms with van der Waals surface area (Å²) >= 11 is 1.03. The van der Waals surface area contributed by atoms with Crippen LogP contribution in [0.25, 0.3) is 0 Å². The predicted molar refractivity (Wildman–Crippen MR) is 73.2 cm³/mol. The summed E-state index contributed by atoms with van der Waals surface area (Å²) < 4.78 is 0. The monoisotopic (exact) mass is 291 g/mol. The minimum atomic E-state index is -0.196. The van der Waals surface area contributed by atoms with E-state index >= 15 is 0 Å². The number of rotatable bonds is 2. The number of carbonyl (C=O) groups is 3. The van der Waals surface area contributed by atoms with Crippen molar-refractivity contribution in [3.05, 3.63) is 30.1 Å². The van der Waals surface area contributed by atoms with Crippen LogP contribution in [-0.4, -0.2) is 56.7 Å². The SMILES string of the molecule is O=C(c1ccncc1)N1CC[C@H](N2C(=O)CSC2=O)C1. The van der Waals surface area contributed by atoms with Gasteiger partial charge in [0.25, 0.3) is 11.1 Å². The maximum Gasteiger partial charge on any atom is 0.289 e. The van der Waals surface area contributed by atoms with E-state index in [1.165, 1.54) is 4.90 Å². The zero-order chi connectivity index (χ0) is 14.1. The van der Waals surface area contributed by atoms with E-state index in [0.717, 1.165) is 11.8 Å². The van der Waals surface area contributed by atoms with Gasteiger partial charge in [-0.2, -0.15) is 0 Å². The largest absolute Gasteiger partial charge is 0.336 e. The van der Waals surface area contributed by atoms with E-state index in [1.807, 2.05) is 0 Å². The Morgan fingerprint density at radius 2 is 2.05 bits per heavy atom. The highest BCUT2D eigenvalue weighted by Gasteiger charge is 2.40. The second kappa shape index (κ2) is 5.24. The summed E-state index contributed by atoms with van der Waals surface area (Å²) in [5, 5.41) is -0.196. The van der Waals surface area contributed by atoms with Gasteiger partial charge in [0.15, 0.2) is 0 Å². The molecule has 3 rings (SSSR count). The molecule has 2 aliphatic heterocycles. The summed E-state index contributed by atoms with van der Waals surface area (Å²) in [6.45, 7) is 0.979. The molecule has 2 saturated heterocycles. The molecule has 104 valence electrons. The minimum Gasteiger partial charge on any atom is -0.336 e. The molecule has 1 aromatic rings. The van der Waals surface area contributed by atoms with E-state index < -0.39 is 0 Å². The molecular formula is C13H13N3O3S. The topological polar surface area (TPSA) is 70.6 Å². The summed E-state index contributed by atoms with van der Waals surface area (Å²) in [6, 6.07) is 3.14. The van der Waals surface area contributed by atoms with Gasteiger partial charge in [0.2, 0.25) is 5.91 Å². The van der Waals surface area contributed by atoms with E-state index in [4.69, 9.17) is 0 Å². The molecule has 2 fully saturated rings. The fraction of sp³-hybridized carbons (Fsp3) is 0.385. The van der Waals surface area contributed by atoms with Crippen molar-refractivity contribution in [3.63, 3.8) is 0 Å². The van der Waals surface area contributed by atoms with Crippen LogP contribution in [0, 0.1) is 0 Å². The van der Waals surface area contributed by atoms with Gasteiger partial charge in [0.1, 0.15) is 0 Å². The van der Waals surface area contributed by atoms with E-state index in [2.05, 4.69) is 4.98 Å². The summed E-state index contributed by atoms with van der Waals surface area (Å²) in [5.74, 6) is -0.0157. The third-order valence-corrected chi connectivity index (χ3v) is 4.36. The number of thioether (sulfide) groups is 1. The minimum absolute atomic E-state index is 0.0818. The van der Waals surface area contributed by atoms with Crippen LogP contribution in [0.2, 0.25) is 0 Å². The maximum absolute atomic E-state index is 12.3. The lowest BCUT2D eigenvalue weighted by molar-refractivity contribution is -0.126. The normalized spacial score (nSPS) is 22.7. The molecule has 3 amide bonds. The van der Waals surface area contributed by atoms with Crippen molar-refractivity contribution in [1.29, 1.82) is 0 Å². The molecule has 1 aromatic heterocycles. The zero-order valence-corrected chi connectivity index (χ0v) is 11.5. The summed E-state index contributed by atoms with van der Waals surface area (Å²) in [7, 11) is 0. The number of aromatic nitrogens is 1. The van der Waals surface area contributed by atoms with Gasteiger partial charge in [-0.3, -0.25) is 24.3 Å². The number of carbonyl (C=O) groups excluding carboxylic acids is 3. The second-order valence-electron chi connectivity index (χ2n) is 4.75. The maximum atomic E-state index is 12.3. The summed E-state index contributed by atoms with van der Waals surface area (Å²) in [4.78, 5) is 42.5. The zero-order valence-electron chi connectivity index (χ0n) is 10.7. The molecule has 0 aliphatic carbocycles. The lowest BCUT2D eigenvalue weighted by Gasteiger charge is -2.21. The second-order valence-corrected chi connectivity index (χ2v) is 5.67. The Balaban J connectivity index is 1.69. The van der Waals surface area contributed by atoms with Crippen LogP contribution in [0.5, 0.6) is 0 Å². The Labute approximate surface area is 120 Å². The molecule has 6 nitrogen and oxygen atoms in total. The summed E-state index contributed by atoms with van der Waals surface area (Å²) in [5.41, 5.74) is 0.578. The third kappa shape index (κ3) is 2.29. The lowest BCUT2D eigenvalue weighted by Crippen LogP contribution is -2.41. The number of hydrogen-bond donors (Lipinski definition) is 0. The number of hydrogen-bond acceptors (Lipinski definition) is 5. The first-order valence-corrected chi connectivity index (χ1v) is 7.33. The van der Waals surface area contributed by atoms with Gasteiger partial charge in [0.05, 0.1) is 11.8 Å². The van der Waals surface area contributed by atoms with Crippen LogP contribution in [0.3, 0.4) is 0 Å². The van der Waals surface area contributed by atoms with Crippen molar-refractivity contribution in [2.75, 3.05) is 18.8 Å². The number of amides is 3. The average Bonchev–Trinajstić information content (AvgIpc) is 3.06. The van der Waals surface area contributed by atoms with Crippen molar-refractivity contribution in [2.24, 2.45) is 0 Å². The number of imide groups is 1. The van der Waals surface area contributed by atoms with Crippen LogP contribution in [0.1, 0.15) is 16.8 Å². The third-order valence-electron chi connectivity index (χ3n) is 3.53. The highest BCUT2D eigenvalue weighted by atomic mass is 32.2.